The molecule has 128 valence electrons. The number of allylic oxidation sites excluding steroid dienone is 2. The number of methoxy groups -OCH3 is 1. The van der Waals surface area contributed by atoms with E-state index in [2.05, 4.69) is 27.9 Å². The SMILES string of the molecule is C=C(NCc1ccncn1)/C(C#N)=C(\C)c1cc(N)c(O)c(OC)c1. The van der Waals surface area contributed by atoms with Gasteiger partial charge in [0, 0.05) is 11.9 Å². The van der Waals surface area contributed by atoms with Gasteiger partial charge in [0.05, 0.1) is 30.6 Å². The molecule has 2 rings (SSSR count). The fourth-order valence-corrected chi connectivity index (χ4v) is 2.23. The number of nitrogens with two attached hydrogens (primary N) is 1. The Morgan fingerprint density at radius 3 is 2.84 bits per heavy atom. The number of benzene rings is 1. The van der Waals surface area contributed by atoms with E-state index in [-0.39, 0.29) is 17.2 Å². The lowest BCUT2D eigenvalue weighted by Crippen LogP contribution is -2.15. The molecule has 0 aliphatic rings. The first-order valence-electron chi connectivity index (χ1n) is 7.43. The van der Waals surface area contributed by atoms with Crippen molar-refractivity contribution in [2.45, 2.75) is 13.5 Å². The summed E-state index contributed by atoms with van der Waals surface area (Å²) < 4.78 is 5.11. The zero-order valence-corrected chi connectivity index (χ0v) is 14.1. The highest BCUT2D eigenvalue weighted by molar-refractivity contribution is 5.78. The summed E-state index contributed by atoms with van der Waals surface area (Å²) in [6.45, 7) is 6.12. The zero-order chi connectivity index (χ0) is 18.4. The predicted octanol–water partition coefficient (Wildman–Crippen LogP) is 2.37. The monoisotopic (exact) mass is 337 g/mol. The molecular formula is C18H19N5O2. The number of nitrogens with zero attached hydrogens (tertiary/aromatic N) is 3. The minimum absolute atomic E-state index is 0.127. The van der Waals surface area contributed by atoms with Crippen molar-refractivity contribution >= 4 is 11.3 Å². The Bertz CT molecular complexity index is 854. The molecule has 25 heavy (non-hydrogen) atoms. The Morgan fingerprint density at radius 1 is 1.48 bits per heavy atom. The summed E-state index contributed by atoms with van der Waals surface area (Å²) in [4.78, 5) is 7.96. The number of rotatable bonds is 6. The predicted molar refractivity (Wildman–Crippen MR) is 95.3 cm³/mol. The van der Waals surface area contributed by atoms with Crippen molar-refractivity contribution in [2.24, 2.45) is 0 Å². The maximum absolute atomic E-state index is 9.85. The first-order valence-corrected chi connectivity index (χ1v) is 7.43. The number of anilines is 1. The van der Waals surface area contributed by atoms with Crippen LogP contribution in [0.1, 0.15) is 18.2 Å². The lowest BCUT2D eigenvalue weighted by molar-refractivity contribution is 0.374. The van der Waals surface area contributed by atoms with Crippen molar-refractivity contribution in [1.82, 2.24) is 15.3 Å². The van der Waals surface area contributed by atoms with Crippen molar-refractivity contribution in [2.75, 3.05) is 12.8 Å². The van der Waals surface area contributed by atoms with E-state index in [1.165, 1.54) is 13.4 Å². The van der Waals surface area contributed by atoms with Crippen LogP contribution in [-0.2, 0) is 6.54 Å². The highest BCUT2D eigenvalue weighted by Crippen LogP contribution is 2.36. The average Bonchev–Trinajstić information content (AvgIpc) is 2.63. The zero-order valence-electron chi connectivity index (χ0n) is 14.1. The summed E-state index contributed by atoms with van der Waals surface area (Å²) in [6, 6.07) is 7.13. The van der Waals surface area contributed by atoms with Gasteiger partial charge in [0.15, 0.2) is 11.5 Å². The van der Waals surface area contributed by atoms with Gasteiger partial charge in [-0.15, -0.1) is 0 Å². The summed E-state index contributed by atoms with van der Waals surface area (Å²) in [5.74, 6) is 0.115. The van der Waals surface area contributed by atoms with Crippen LogP contribution in [-0.4, -0.2) is 22.2 Å². The van der Waals surface area contributed by atoms with Crippen molar-refractivity contribution in [3.8, 4) is 17.6 Å². The van der Waals surface area contributed by atoms with Crippen LogP contribution in [0.2, 0.25) is 0 Å². The smallest absolute Gasteiger partial charge is 0.181 e. The summed E-state index contributed by atoms with van der Waals surface area (Å²) in [5, 5.41) is 22.5. The number of phenolic OH excluding ortho intramolecular Hbond substituents is 1. The van der Waals surface area contributed by atoms with E-state index < -0.39 is 0 Å². The molecule has 7 nitrogen and oxygen atoms in total. The standard InChI is InChI=1S/C18H19N5O2/c1-11(13-6-16(20)18(24)17(7-13)25-3)15(8-19)12(2)22-9-14-4-5-21-10-23-14/h4-7,10,22,24H,2,9,20H2,1,3H3/b15-11+. The molecule has 0 bridgehead atoms. The molecule has 0 saturated carbocycles. The van der Waals surface area contributed by atoms with Crippen LogP contribution < -0.4 is 15.8 Å². The third-order valence-corrected chi connectivity index (χ3v) is 3.67. The van der Waals surface area contributed by atoms with Crippen LogP contribution in [0.5, 0.6) is 11.5 Å². The minimum Gasteiger partial charge on any atom is -0.503 e. The van der Waals surface area contributed by atoms with Gasteiger partial charge < -0.3 is 20.9 Å². The van der Waals surface area contributed by atoms with Crippen molar-refractivity contribution in [3.63, 3.8) is 0 Å². The number of nitrogen functional groups attached to an aromatic ring is 1. The van der Waals surface area contributed by atoms with E-state index >= 15 is 0 Å². The van der Waals surface area contributed by atoms with Gasteiger partial charge in [-0.1, -0.05) is 6.58 Å². The summed E-state index contributed by atoms with van der Waals surface area (Å²) in [6.07, 6.45) is 3.10. The quantitative estimate of drug-likeness (QED) is 0.320. The maximum Gasteiger partial charge on any atom is 0.181 e. The van der Waals surface area contributed by atoms with E-state index in [1.807, 2.05) is 0 Å². The molecule has 7 heteroatoms. The van der Waals surface area contributed by atoms with Gasteiger partial charge in [0.25, 0.3) is 0 Å². The van der Waals surface area contributed by atoms with E-state index in [0.717, 1.165) is 5.69 Å². The van der Waals surface area contributed by atoms with Gasteiger partial charge in [-0.25, -0.2) is 9.97 Å². The summed E-state index contributed by atoms with van der Waals surface area (Å²) >= 11 is 0. The van der Waals surface area contributed by atoms with Crippen molar-refractivity contribution < 1.29 is 9.84 Å². The first-order chi connectivity index (χ1) is 12.0. The van der Waals surface area contributed by atoms with Gasteiger partial charge in [0.2, 0.25) is 0 Å². The molecule has 0 fully saturated rings. The third-order valence-electron chi connectivity index (χ3n) is 3.67. The topological polar surface area (TPSA) is 117 Å². The third kappa shape index (κ3) is 4.06. The molecule has 0 amide bonds. The molecule has 2 aromatic rings. The molecular weight excluding hydrogens is 318 g/mol. The number of nitrogens with one attached hydrogen (secondary N) is 1. The van der Waals surface area contributed by atoms with E-state index in [0.29, 0.717) is 29.0 Å². The van der Waals surface area contributed by atoms with E-state index in [9.17, 15) is 10.4 Å². The molecule has 0 saturated heterocycles. The van der Waals surface area contributed by atoms with Crippen LogP contribution in [0.3, 0.4) is 0 Å². The second-order valence-corrected chi connectivity index (χ2v) is 5.26. The van der Waals surface area contributed by atoms with Crippen LogP contribution in [0, 0.1) is 11.3 Å². The lowest BCUT2D eigenvalue weighted by atomic mass is 9.99. The maximum atomic E-state index is 9.85. The number of hydrogen-bond acceptors (Lipinski definition) is 7. The number of ether oxygens (including phenoxy) is 1. The number of aromatic nitrogens is 2. The second kappa shape index (κ2) is 7.84. The largest absolute Gasteiger partial charge is 0.503 e. The van der Waals surface area contributed by atoms with Crippen LogP contribution >= 0.6 is 0 Å². The molecule has 1 aromatic heterocycles. The fraction of sp³-hybridized carbons (Fsp3) is 0.167. The Morgan fingerprint density at radius 2 is 2.24 bits per heavy atom. The van der Waals surface area contributed by atoms with Crippen LogP contribution in [0.15, 0.2) is 48.6 Å². The Balaban J connectivity index is 2.29. The molecule has 0 unspecified atom stereocenters. The molecule has 1 heterocycles. The summed E-state index contributed by atoms with van der Waals surface area (Å²) in [7, 11) is 1.44. The normalized spacial score (nSPS) is 11.2. The number of hydrogen-bond donors (Lipinski definition) is 3. The number of aromatic hydroxyl groups is 1. The molecule has 1 aromatic carbocycles. The Hall–Kier alpha value is -3.53. The lowest BCUT2D eigenvalue weighted by Gasteiger charge is -2.13. The summed E-state index contributed by atoms with van der Waals surface area (Å²) in [5.41, 5.74) is 8.91. The van der Waals surface area contributed by atoms with Crippen molar-refractivity contribution in [3.05, 3.63) is 59.8 Å². The molecule has 0 aliphatic heterocycles. The Labute approximate surface area is 146 Å². The molecule has 4 N–H and O–H groups in total. The van der Waals surface area contributed by atoms with E-state index in [1.54, 1.807) is 31.3 Å². The number of nitriles is 1. The van der Waals surface area contributed by atoms with Gasteiger partial charge in [-0.3, -0.25) is 0 Å². The highest BCUT2D eigenvalue weighted by atomic mass is 16.5. The Kier molecular flexibility index (Phi) is 5.58. The van der Waals surface area contributed by atoms with Gasteiger partial charge in [-0.05, 0) is 36.3 Å². The molecule has 0 spiro atoms. The second-order valence-electron chi connectivity index (χ2n) is 5.26. The van der Waals surface area contributed by atoms with Crippen molar-refractivity contribution in [1.29, 1.82) is 5.26 Å². The molecule has 0 atom stereocenters. The van der Waals surface area contributed by atoms with E-state index in [4.69, 9.17) is 10.5 Å². The fourth-order valence-electron chi connectivity index (χ4n) is 2.23. The molecule has 0 radical (unpaired) electrons. The van der Waals surface area contributed by atoms with Gasteiger partial charge >= 0.3 is 0 Å². The molecule has 0 aliphatic carbocycles. The van der Waals surface area contributed by atoms with Crippen LogP contribution in [0.25, 0.3) is 5.57 Å². The van der Waals surface area contributed by atoms with Gasteiger partial charge in [0.1, 0.15) is 12.4 Å². The minimum atomic E-state index is -0.127. The average molecular weight is 337 g/mol. The number of phenols is 1. The highest BCUT2D eigenvalue weighted by Gasteiger charge is 2.13. The van der Waals surface area contributed by atoms with Crippen LogP contribution in [0.4, 0.5) is 5.69 Å². The first kappa shape index (κ1) is 17.8. The van der Waals surface area contributed by atoms with Gasteiger partial charge in [-0.2, -0.15) is 5.26 Å².